The van der Waals surface area contributed by atoms with Gasteiger partial charge >= 0.3 is 0 Å². The molecule has 25 heavy (non-hydrogen) atoms. The molecule has 1 heterocycles. The van der Waals surface area contributed by atoms with Crippen molar-refractivity contribution in [2.45, 2.75) is 90.0 Å². The summed E-state index contributed by atoms with van der Waals surface area (Å²) in [5, 5.41) is 29.8. The van der Waals surface area contributed by atoms with Crippen LogP contribution in [0, 0.1) is 5.92 Å². The zero-order valence-electron chi connectivity index (χ0n) is 15.9. The van der Waals surface area contributed by atoms with Gasteiger partial charge < -0.3 is 24.8 Å². The summed E-state index contributed by atoms with van der Waals surface area (Å²) in [6, 6.07) is 0. The van der Waals surface area contributed by atoms with Gasteiger partial charge in [-0.25, -0.2) is 0 Å². The van der Waals surface area contributed by atoms with Crippen LogP contribution in [0.2, 0.25) is 0 Å². The third kappa shape index (κ3) is 5.38. The van der Waals surface area contributed by atoms with Crippen LogP contribution in [0.4, 0.5) is 0 Å². The van der Waals surface area contributed by atoms with Gasteiger partial charge in [-0.05, 0) is 65.7 Å². The highest BCUT2D eigenvalue weighted by Gasteiger charge is 2.44. The van der Waals surface area contributed by atoms with Crippen molar-refractivity contribution >= 4 is 0 Å². The average molecular weight is 354 g/mol. The minimum absolute atomic E-state index is 0.0311. The minimum atomic E-state index is -1.24. The molecule has 0 saturated carbocycles. The molecule has 2 rings (SSSR count). The summed E-state index contributed by atoms with van der Waals surface area (Å²) in [6.07, 6.45) is 4.76. The van der Waals surface area contributed by atoms with Crippen LogP contribution in [0.5, 0.6) is 0 Å². The van der Waals surface area contributed by atoms with Gasteiger partial charge in [-0.2, -0.15) is 0 Å². The minimum Gasteiger partial charge on any atom is -0.388 e. The molecule has 5 nitrogen and oxygen atoms in total. The van der Waals surface area contributed by atoms with E-state index in [0.717, 1.165) is 32.1 Å². The zero-order chi connectivity index (χ0) is 18.6. The first-order valence-corrected chi connectivity index (χ1v) is 9.35. The molecule has 5 heteroatoms. The molecule has 3 N–H and O–H groups in total. The Kier molecular flexibility index (Phi) is 7.23. The first-order chi connectivity index (χ1) is 11.7. The highest BCUT2D eigenvalue weighted by Crippen LogP contribution is 2.39. The van der Waals surface area contributed by atoms with Gasteiger partial charge in [0.15, 0.2) is 6.29 Å². The first-order valence-electron chi connectivity index (χ1n) is 9.35. The van der Waals surface area contributed by atoms with Gasteiger partial charge in [-0.3, -0.25) is 0 Å². The van der Waals surface area contributed by atoms with Gasteiger partial charge in [-0.1, -0.05) is 23.3 Å². The molecule has 0 aromatic carbocycles. The van der Waals surface area contributed by atoms with E-state index in [9.17, 15) is 15.3 Å². The third-order valence-electron chi connectivity index (χ3n) is 5.53. The lowest BCUT2D eigenvalue weighted by molar-refractivity contribution is -0.307. The van der Waals surface area contributed by atoms with Gasteiger partial charge in [0, 0.05) is 0 Å². The van der Waals surface area contributed by atoms with E-state index in [2.05, 4.69) is 39.8 Å². The van der Waals surface area contributed by atoms with E-state index in [-0.39, 0.29) is 6.61 Å². The molecule has 0 spiro atoms. The largest absolute Gasteiger partial charge is 0.388 e. The smallest absolute Gasteiger partial charge is 0.186 e. The summed E-state index contributed by atoms with van der Waals surface area (Å²) in [5.41, 5.74) is 2.22. The van der Waals surface area contributed by atoms with Crippen LogP contribution < -0.4 is 0 Å². The standard InChI is InChI=1S/C20H34O5/c1-13(2)6-5-11-20(4,15-9-7-14(3)8-10-15)25-19-18(23)17(22)16(21)12-24-19/h6-7,15-19,21-23H,5,8-12H2,1-4H3/t15?,16-,17+,18+,19+,20-/m1/s1. The number of hydrogen-bond acceptors (Lipinski definition) is 5. The molecular weight excluding hydrogens is 320 g/mol. The van der Waals surface area contributed by atoms with Gasteiger partial charge in [0.2, 0.25) is 0 Å². The van der Waals surface area contributed by atoms with Gasteiger partial charge in [0.05, 0.1) is 12.2 Å². The second-order valence-corrected chi connectivity index (χ2v) is 8.02. The fraction of sp³-hybridized carbons (Fsp3) is 0.800. The van der Waals surface area contributed by atoms with Crippen molar-refractivity contribution in [1.29, 1.82) is 0 Å². The van der Waals surface area contributed by atoms with Crippen molar-refractivity contribution < 1.29 is 24.8 Å². The van der Waals surface area contributed by atoms with Crippen LogP contribution in [-0.2, 0) is 9.47 Å². The lowest BCUT2D eigenvalue weighted by Crippen LogP contribution is -2.56. The van der Waals surface area contributed by atoms with E-state index in [1.807, 2.05) is 0 Å². The highest BCUT2D eigenvalue weighted by molar-refractivity contribution is 5.07. The van der Waals surface area contributed by atoms with E-state index in [1.165, 1.54) is 11.1 Å². The summed E-state index contributed by atoms with van der Waals surface area (Å²) in [4.78, 5) is 0. The fourth-order valence-corrected chi connectivity index (χ4v) is 3.67. The zero-order valence-corrected chi connectivity index (χ0v) is 15.9. The topological polar surface area (TPSA) is 79.2 Å². The maximum Gasteiger partial charge on any atom is 0.186 e. The monoisotopic (exact) mass is 354 g/mol. The van der Waals surface area contributed by atoms with Crippen molar-refractivity contribution in [1.82, 2.24) is 0 Å². The maximum absolute atomic E-state index is 10.2. The molecule has 1 aliphatic heterocycles. The number of allylic oxidation sites excluding steroid dienone is 4. The predicted molar refractivity (Wildman–Crippen MR) is 97.0 cm³/mol. The maximum atomic E-state index is 10.2. The summed E-state index contributed by atoms with van der Waals surface area (Å²) >= 11 is 0. The SMILES string of the molecule is CC(C)=CCC[C@@](C)(O[C@@H]1OC[C@@H](O)[C@H](O)[C@@H]1O)C1CC=C(C)CC1. The molecule has 6 atom stereocenters. The Morgan fingerprint density at radius 3 is 2.64 bits per heavy atom. The normalized spacial score (nSPS) is 35.6. The average Bonchev–Trinajstić information content (AvgIpc) is 2.56. The Morgan fingerprint density at radius 2 is 2.04 bits per heavy atom. The molecule has 0 radical (unpaired) electrons. The van der Waals surface area contributed by atoms with Crippen molar-refractivity contribution in [3.05, 3.63) is 23.3 Å². The van der Waals surface area contributed by atoms with Crippen LogP contribution >= 0.6 is 0 Å². The molecular formula is C20H34O5. The van der Waals surface area contributed by atoms with Crippen LogP contribution in [0.25, 0.3) is 0 Å². The van der Waals surface area contributed by atoms with Crippen LogP contribution in [0.3, 0.4) is 0 Å². The van der Waals surface area contributed by atoms with Crippen LogP contribution in [-0.4, -0.2) is 52.1 Å². The van der Waals surface area contributed by atoms with Crippen LogP contribution in [0.15, 0.2) is 23.3 Å². The Labute approximate surface area is 151 Å². The number of hydrogen-bond donors (Lipinski definition) is 3. The molecule has 1 unspecified atom stereocenters. The molecule has 1 saturated heterocycles. The van der Waals surface area contributed by atoms with Crippen molar-refractivity contribution in [2.75, 3.05) is 6.61 Å². The quantitative estimate of drug-likeness (QED) is 0.639. The van der Waals surface area contributed by atoms with E-state index < -0.39 is 30.2 Å². The Bertz CT molecular complexity index is 496. The van der Waals surface area contributed by atoms with Crippen LogP contribution in [0.1, 0.15) is 59.8 Å². The van der Waals surface area contributed by atoms with E-state index in [1.54, 1.807) is 0 Å². The van der Waals surface area contributed by atoms with E-state index in [0.29, 0.717) is 5.92 Å². The molecule has 0 aromatic rings. The van der Waals surface area contributed by atoms with Crippen molar-refractivity contribution in [3.63, 3.8) is 0 Å². The molecule has 144 valence electrons. The van der Waals surface area contributed by atoms with Gasteiger partial charge in [0.25, 0.3) is 0 Å². The Morgan fingerprint density at radius 1 is 1.32 bits per heavy atom. The van der Waals surface area contributed by atoms with Crippen molar-refractivity contribution in [3.8, 4) is 0 Å². The number of ether oxygens (including phenoxy) is 2. The number of rotatable bonds is 6. The Balaban J connectivity index is 2.12. The summed E-state index contributed by atoms with van der Waals surface area (Å²) in [6.45, 7) is 8.37. The Hall–Kier alpha value is -0.720. The third-order valence-corrected chi connectivity index (χ3v) is 5.53. The van der Waals surface area contributed by atoms with E-state index >= 15 is 0 Å². The molecule has 2 aliphatic rings. The van der Waals surface area contributed by atoms with Gasteiger partial charge in [-0.15, -0.1) is 0 Å². The lowest BCUT2D eigenvalue weighted by Gasteiger charge is -2.44. The molecule has 1 fully saturated rings. The molecule has 0 amide bonds. The fourth-order valence-electron chi connectivity index (χ4n) is 3.67. The lowest BCUT2D eigenvalue weighted by atomic mass is 9.76. The second kappa shape index (κ2) is 8.78. The van der Waals surface area contributed by atoms with Gasteiger partial charge in [0.1, 0.15) is 18.3 Å². The highest BCUT2D eigenvalue weighted by atomic mass is 16.7. The summed E-state index contributed by atoms with van der Waals surface area (Å²) < 4.78 is 11.8. The number of aliphatic hydroxyl groups excluding tert-OH is 3. The summed E-state index contributed by atoms with van der Waals surface area (Å²) in [5.74, 6) is 0.335. The van der Waals surface area contributed by atoms with E-state index in [4.69, 9.17) is 9.47 Å². The first kappa shape index (κ1) is 20.6. The molecule has 0 aromatic heterocycles. The molecule has 1 aliphatic carbocycles. The van der Waals surface area contributed by atoms with Crippen molar-refractivity contribution in [2.24, 2.45) is 5.92 Å². The summed E-state index contributed by atoms with van der Waals surface area (Å²) in [7, 11) is 0. The number of aliphatic hydroxyl groups is 3. The predicted octanol–water partition coefficient (Wildman–Crippen LogP) is 2.69. The second-order valence-electron chi connectivity index (χ2n) is 8.02. The molecule has 0 bridgehead atoms.